The van der Waals surface area contributed by atoms with E-state index in [1.807, 2.05) is 42.5 Å². The first-order valence-corrected chi connectivity index (χ1v) is 8.94. The Morgan fingerprint density at radius 3 is 2.72 bits per heavy atom. The fraction of sp³-hybridized carbons (Fsp3) is 0.333. The van der Waals surface area contributed by atoms with Crippen molar-refractivity contribution in [1.29, 1.82) is 0 Å². The van der Waals surface area contributed by atoms with Gasteiger partial charge in [-0.3, -0.25) is 4.98 Å². The highest BCUT2D eigenvalue weighted by atomic mass is 16.5. The van der Waals surface area contributed by atoms with Gasteiger partial charge in [0.1, 0.15) is 11.8 Å². The third-order valence-electron chi connectivity index (χ3n) is 4.37. The maximum Gasteiger partial charge on any atom is 0.355 e. The Morgan fingerprint density at radius 1 is 1.16 bits per heavy atom. The van der Waals surface area contributed by atoms with Crippen molar-refractivity contribution in [2.45, 2.75) is 45.1 Å². The van der Waals surface area contributed by atoms with Crippen LogP contribution in [0.25, 0.3) is 10.9 Å². The van der Waals surface area contributed by atoms with Gasteiger partial charge in [0.2, 0.25) is 0 Å². The number of hydrogen-bond acceptors (Lipinski definition) is 3. The molecule has 25 heavy (non-hydrogen) atoms. The van der Waals surface area contributed by atoms with Gasteiger partial charge in [0.05, 0.1) is 0 Å². The lowest BCUT2D eigenvalue weighted by Gasteiger charge is -2.17. The smallest absolute Gasteiger partial charge is 0.355 e. The number of para-hydroxylation sites is 1. The molecule has 1 N–H and O–H groups in total. The van der Waals surface area contributed by atoms with Gasteiger partial charge in [0.25, 0.3) is 0 Å². The van der Waals surface area contributed by atoms with Gasteiger partial charge >= 0.3 is 5.97 Å². The van der Waals surface area contributed by atoms with Gasteiger partial charge in [-0.1, -0.05) is 38.0 Å². The number of H-pyrrole nitrogens is 1. The molecule has 2 heterocycles. The predicted molar refractivity (Wildman–Crippen MR) is 99.6 cm³/mol. The van der Waals surface area contributed by atoms with Crippen LogP contribution in [0.4, 0.5) is 0 Å². The van der Waals surface area contributed by atoms with Crippen molar-refractivity contribution in [3.8, 4) is 0 Å². The summed E-state index contributed by atoms with van der Waals surface area (Å²) < 4.78 is 5.83. The molecule has 3 rings (SSSR count). The Kier molecular flexibility index (Phi) is 5.83. The third kappa shape index (κ3) is 4.69. The molecule has 0 saturated heterocycles. The highest BCUT2D eigenvalue weighted by molar-refractivity contribution is 5.94. The normalized spacial score (nSPS) is 12.2. The number of carbonyl (C=O) groups excluding carboxylic acids is 1. The summed E-state index contributed by atoms with van der Waals surface area (Å²) in [6, 6.07) is 13.7. The van der Waals surface area contributed by atoms with Crippen LogP contribution in [0.15, 0.2) is 54.9 Å². The van der Waals surface area contributed by atoms with E-state index < -0.39 is 0 Å². The minimum absolute atomic E-state index is 0.118. The first kappa shape index (κ1) is 17.2. The number of nitrogens with one attached hydrogen (secondary N) is 1. The average Bonchev–Trinajstić information content (AvgIpc) is 3.07. The van der Waals surface area contributed by atoms with Crippen molar-refractivity contribution >= 4 is 16.9 Å². The fourth-order valence-corrected chi connectivity index (χ4v) is 3.00. The van der Waals surface area contributed by atoms with E-state index in [0.29, 0.717) is 5.69 Å². The Balaban J connectivity index is 1.70. The zero-order valence-electron chi connectivity index (χ0n) is 14.6. The zero-order valence-corrected chi connectivity index (χ0v) is 14.6. The van der Waals surface area contributed by atoms with Crippen LogP contribution in [-0.2, 0) is 11.2 Å². The number of benzene rings is 1. The van der Waals surface area contributed by atoms with Crippen LogP contribution in [0.3, 0.4) is 0 Å². The molecule has 2 aromatic heterocycles. The van der Waals surface area contributed by atoms with Gasteiger partial charge in [-0.2, -0.15) is 0 Å². The Labute approximate surface area is 148 Å². The Morgan fingerprint density at radius 2 is 1.96 bits per heavy atom. The van der Waals surface area contributed by atoms with E-state index in [-0.39, 0.29) is 12.1 Å². The molecule has 0 bridgehead atoms. The second-order valence-electron chi connectivity index (χ2n) is 6.35. The molecule has 130 valence electrons. The molecule has 4 heteroatoms. The van der Waals surface area contributed by atoms with Gasteiger partial charge in [-0.15, -0.1) is 0 Å². The molecule has 0 aliphatic heterocycles. The quantitative estimate of drug-likeness (QED) is 0.469. The molecule has 1 atom stereocenters. The van der Waals surface area contributed by atoms with Crippen molar-refractivity contribution in [3.63, 3.8) is 0 Å². The summed E-state index contributed by atoms with van der Waals surface area (Å²) in [5, 5.41) is 1.02. The number of ether oxygens (including phenoxy) is 1. The maximum absolute atomic E-state index is 12.6. The number of unbranched alkanes of at least 4 members (excludes halogenated alkanes) is 2. The third-order valence-corrected chi connectivity index (χ3v) is 4.37. The number of aromatic nitrogens is 2. The number of rotatable bonds is 8. The van der Waals surface area contributed by atoms with Crippen LogP contribution < -0.4 is 0 Å². The lowest BCUT2D eigenvalue weighted by molar-refractivity contribution is 0.0271. The van der Waals surface area contributed by atoms with Crippen molar-refractivity contribution in [3.05, 3.63) is 66.1 Å². The van der Waals surface area contributed by atoms with Crippen LogP contribution in [0, 0.1) is 0 Å². The molecule has 1 aromatic carbocycles. The molecule has 0 radical (unpaired) electrons. The summed E-state index contributed by atoms with van der Waals surface area (Å²) in [5.41, 5.74) is 2.60. The van der Waals surface area contributed by atoms with E-state index in [9.17, 15) is 4.79 Å². The number of aromatic amines is 1. The summed E-state index contributed by atoms with van der Waals surface area (Å²) in [7, 11) is 0. The average molecular weight is 336 g/mol. The summed E-state index contributed by atoms with van der Waals surface area (Å²) in [6.07, 6.45) is 8.39. The molecule has 4 nitrogen and oxygen atoms in total. The van der Waals surface area contributed by atoms with Gasteiger partial charge in [0, 0.05) is 29.7 Å². The van der Waals surface area contributed by atoms with Crippen molar-refractivity contribution in [2.75, 3.05) is 0 Å². The van der Waals surface area contributed by atoms with Gasteiger partial charge in [-0.25, -0.2) is 4.79 Å². The second kappa shape index (κ2) is 8.47. The molecule has 0 fully saturated rings. The first-order chi connectivity index (χ1) is 12.3. The zero-order chi connectivity index (χ0) is 17.5. The van der Waals surface area contributed by atoms with Crippen LogP contribution in [-0.4, -0.2) is 22.0 Å². The fourth-order valence-electron chi connectivity index (χ4n) is 3.00. The van der Waals surface area contributed by atoms with Crippen LogP contribution in [0.5, 0.6) is 0 Å². The molecule has 0 spiro atoms. The van der Waals surface area contributed by atoms with E-state index in [2.05, 4.69) is 16.9 Å². The number of esters is 1. The van der Waals surface area contributed by atoms with Crippen molar-refractivity contribution < 1.29 is 9.53 Å². The van der Waals surface area contributed by atoms with Gasteiger partial charge in [-0.05, 0) is 42.7 Å². The van der Waals surface area contributed by atoms with E-state index in [1.165, 1.54) is 0 Å². The van der Waals surface area contributed by atoms with Crippen molar-refractivity contribution in [1.82, 2.24) is 9.97 Å². The molecular weight excluding hydrogens is 312 g/mol. The van der Waals surface area contributed by atoms with E-state index >= 15 is 0 Å². The highest BCUT2D eigenvalue weighted by Crippen LogP contribution is 2.18. The number of fused-ring (bicyclic) bond motifs is 1. The second-order valence-corrected chi connectivity index (χ2v) is 6.35. The number of nitrogens with zero attached hydrogens (tertiary/aromatic N) is 1. The summed E-state index contributed by atoms with van der Waals surface area (Å²) in [5.74, 6) is -0.285. The molecule has 3 aromatic rings. The van der Waals surface area contributed by atoms with Crippen molar-refractivity contribution in [2.24, 2.45) is 0 Å². The van der Waals surface area contributed by atoms with Gasteiger partial charge in [0.15, 0.2) is 0 Å². The lowest BCUT2D eigenvalue weighted by Crippen LogP contribution is -2.21. The molecule has 0 amide bonds. The standard InChI is InChI=1S/C21H24N2O2/c1-2-3-4-8-18(14-16-10-12-22-13-11-16)25-21(24)20-15-17-7-5-6-9-19(17)23-20/h5-7,9-13,15,18,23H,2-4,8,14H2,1H3. The van der Waals surface area contributed by atoms with Crippen LogP contribution >= 0.6 is 0 Å². The molecule has 1 unspecified atom stereocenters. The molecule has 0 saturated carbocycles. The maximum atomic E-state index is 12.6. The topological polar surface area (TPSA) is 55.0 Å². The summed E-state index contributed by atoms with van der Waals surface area (Å²) >= 11 is 0. The molecule has 0 aliphatic carbocycles. The monoisotopic (exact) mass is 336 g/mol. The number of carbonyl (C=O) groups is 1. The summed E-state index contributed by atoms with van der Waals surface area (Å²) in [6.45, 7) is 2.17. The van der Waals surface area contributed by atoms with E-state index in [1.54, 1.807) is 12.4 Å². The highest BCUT2D eigenvalue weighted by Gasteiger charge is 2.18. The van der Waals surface area contributed by atoms with E-state index in [4.69, 9.17) is 4.74 Å². The van der Waals surface area contributed by atoms with Crippen LogP contribution in [0.1, 0.15) is 48.7 Å². The minimum Gasteiger partial charge on any atom is -0.457 e. The SMILES string of the molecule is CCCCCC(Cc1ccncc1)OC(=O)c1cc2ccccc2[nH]1. The largest absolute Gasteiger partial charge is 0.457 e. The van der Waals surface area contributed by atoms with E-state index in [0.717, 1.165) is 48.6 Å². The Hall–Kier alpha value is -2.62. The lowest BCUT2D eigenvalue weighted by atomic mass is 10.0. The minimum atomic E-state index is -0.285. The number of hydrogen-bond donors (Lipinski definition) is 1. The summed E-state index contributed by atoms with van der Waals surface area (Å²) in [4.78, 5) is 19.8. The molecular formula is C21H24N2O2. The van der Waals surface area contributed by atoms with Gasteiger partial charge < -0.3 is 9.72 Å². The Bertz CT molecular complexity index is 778. The molecule has 0 aliphatic rings. The number of pyridine rings is 1. The van der Waals surface area contributed by atoms with Crippen LogP contribution in [0.2, 0.25) is 0 Å². The predicted octanol–water partition coefficient (Wildman–Crippen LogP) is 4.91. The first-order valence-electron chi connectivity index (χ1n) is 8.94.